The van der Waals surface area contributed by atoms with E-state index in [9.17, 15) is 9.59 Å². The first-order chi connectivity index (χ1) is 11.8. The van der Waals surface area contributed by atoms with E-state index in [2.05, 4.69) is 10.6 Å². The highest BCUT2D eigenvalue weighted by Crippen LogP contribution is 2.20. The van der Waals surface area contributed by atoms with Crippen molar-refractivity contribution < 1.29 is 9.59 Å². The molecule has 6 heteroatoms. The molecule has 0 saturated carbocycles. The Balaban J connectivity index is 1.79. The van der Waals surface area contributed by atoms with Crippen LogP contribution in [0.2, 0.25) is 5.02 Å². The molecule has 0 unspecified atom stereocenters. The molecule has 0 atom stereocenters. The van der Waals surface area contributed by atoms with E-state index in [0.717, 1.165) is 22.4 Å². The zero-order valence-electron chi connectivity index (χ0n) is 14.5. The van der Waals surface area contributed by atoms with E-state index >= 15 is 0 Å². The summed E-state index contributed by atoms with van der Waals surface area (Å²) in [5.41, 5.74) is 4.54. The third-order valence-corrected chi connectivity index (χ3v) is 4.77. The van der Waals surface area contributed by atoms with Crippen LogP contribution in [-0.2, 0) is 9.59 Å². The molecule has 0 spiro atoms. The molecule has 25 heavy (non-hydrogen) atoms. The van der Waals surface area contributed by atoms with Gasteiger partial charge in [-0.1, -0.05) is 29.8 Å². The summed E-state index contributed by atoms with van der Waals surface area (Å²) in [6.07, 6.45) is 0. The van der Waals surface area contributed by atoms with Crippen LogP contribution in [0.15, 0.2) is 36.4 Å². The van der Waals surface area contributed by atoms with Gasteiger partial charge in [-0.25, -0.2) is 0 Å². The smallest absolute Gasteiger partial charge is 0.234 e. The summed E-state index contributed by atoms with van der Waals surface area (Å²) < 4.78 is 0. The SMILES string of the molecule is Cc1ccc(C)c(NC(=O)CSCC(=O)Nc2cc(Cl)ccc2C)c1. The second-order valence-corrected chi connectivity index (χ2v) is 7.29. The van der Waals surface area contributed by atoms with Crippen molar-refractivity contribution in [3.63, 3.8) is 0 Å². The van der Waals surface area contributed by atoms with E-state index in [1.54, 1.807) is 12.1 Å². The summed E-state index contributed by atoms with van der Waals surface area (Å²) in [5.74, 6) is 0.141. The van der Waals surface area contributed by atoms with Gasteiger partial charge in [-0.05, 0) is 55.7 Å². The number of anilines is 2. The number of hydrogen-bond donors (Lipinski definition) is 2. The molecule has 4 nitrogen and oxygen atoms in total. The van der Waals surface area contributed by atoms with E-state index in [1.807, 2.05) is 45.0 Å². The van der Waals surface area contributed by atoms with Crippen molar-refractivity contribution in [2.24, 2.45) is 0 Å². The quantitative estimate of drug-likeness (QED) is 0.776. The van der Waals surface area contributed by atoms with Crippen molar-refractivity contribution in [2.75, 3.05) is 22.1 Å². The molecular weight excluding hydrogens is 356 g/mol. The summed E-state index contributed by atoms with van der Waals surface area (Å²) in [6.45, 7) is 5.83. The lowest BCUT2D eigenvalue weighted by molar-refractivity contribution is -0.114. The van der Waals surface area contributed by atoms with Gasteiger partial charge in [0.1, 0.15) is 0 Å². The van der Waals surface area contributed by atoms with Crippen LogP contribution in [0.25, 0.3) is 0 Å². The lowest BCUT2D eigenvalue weighted by Crippen LogP contribution is -2.19. The Morgan fingerprint density at radius 2 is 1.40 bits per heavy atom. The average molecular weight is 377 g/mol. The standard InChI is InChI=1S/C19H21ClN2O2S/c1-12-4-5-13(2)16(8-12)21-18(23)10-25-11-19(24)22-17-9-15(20)7-6-14(17)3/h4-9H,10-11H2,1-3H3,(H,21,23)(H,22,24). The van der Waals surface area contributed by atoms with Crippen LogP contribution in [0.1, 0.15) is 16.7 Å². The Bertz CT molecular complexity index is 727. The molecule has 2 rings (SSSR count). The first-order valence-corrected chi connectivity index (χ1v) is 9.39. The molecule has 0 aliphatic carbocycles. The molecule has 2 amide bonds. The minimum Gasteiger partial charge on any atom is -0.325 e. The zero-order valence-corrected chi connectivity index (χ0v) is 16.1. The second-order valence-electron chi connectivity index (χ2n) is 5.87. The van der Waals surface area contributed by atoms with Crippen molar-refractivity contribution >= 4 is 46.6 Å². The maximum Gasteiger partial charge on any atom is 0.234 e. The number of amides is 2. The van der Waals surface area contributed by atoms with Crippen LogP contribution in [0.4, 0.5) is 11.4 Å². The molecule has 0 saturated heterocycles. The molecular formula is C19H21ClN2O2S. The molecule has 0 heterocycles. The molecule has 0 aliphatic heterocycles. The third kappa shape index (κ3) is 6.11. The van der Waals surface area contributed by atoms with Gasteiger partial charge in [-0.15, -0.1) is 11.8 Å². The van der Waals surface area contributed by atoms with Gasteiger partial charge in [0.25, 0.3) is 0 Å². The first-order valence-electron chi connectivity index (χ1n) is 7.86. The number of carbonyl (C=O) groups excluding carboxylic acids is 2. The molecule has 132 valence electrons. The molecule has 2 aromatic carbocycles. The summed E-state index contributed by atoms with van der Waals surface area (Å²) in [6, 6.07) is 11.3. The largest absolute Gasteiger partial charge is 0.325 e. The average Bonchev–Trinajstić information content (AvgIpc) is 2.54. The highest BCUT2D eigenvalue weighted by Gasteiger charge is 2.09. The number of thioether (sulfide) groups is 1. The number of benzene rings is 2. The van der Waals surface area contributed by atoms with Crippen molar-refractivity contribution in [3.8, 4) is 0 Å². The maximum atomic E-state index is 12.0. The molecule has 0 aromatic heterocycles. The van der Waals surface area contributed by atoms with Crippen LogP contribution in [0, 0.1) is 20.8 Å². The predicted molar refractivity (Wildman–Crippen MR) is 107 cm³/mol. The van der Waals surface area contributed by atoms with Crippen LogP contribution >= 0.6 is 23.4 Å². The summed E-state index contributed by atoms with van der Waals surface area (Å²) in [5, 5.41) is 6.27. The molecule has 0 radical (unpaired) electrons. The number of rotatable bonds is 6. The van der Waals surface area contributed by atoms with Crippen molar-refractivity contribution in [1.29, 1.82) is 0 Å². The number of carbonyl (C=O) groups is 2. The monoisotopic (exact) mass is 376 g/mol. The Kier molecular flexibility index (Phi) is 6.91. The van der Waals surface area contributed by atoms with Gasteiger partial charge in [0.15, 0.2) is 0 Å². The summed E-state index contributed by atoms with van der Waals surface area (Å²) in [7, 11) is 0. The summed E-state index contributed by atoms with van der Waals surface area (Å²) in [4.78, 5) is 24.0. The second kappa shape index (κ2) is 8.92. The Morgan fingerprint density at radius 3 is 2.00 bits per heavy atom. The molecule has 0 aliphatic rings. The van der Waals surface area contributed by atoms with Crippen LogP contribution in [0.3, 0.4) is 0 Å². The normalized spacial score (nSPS) is 10.4. The minimum atomic E-state index is -0.157. The van der Waals surface area contributed by atoms with Gasteiger partial charge < -0.3 is 10.6 Å². The van der Waals surface area contributed by atoms with E-state index in [4.69, 9.17) is 11.6 Å². The first kappa shape index (κ1) is 19.3. The fourth-order valence-electron chi connectivity index (χ4n) is 2.21. The highest BCUT2D eigenvalue weighted by molar-refractivity contribution is 8.00. The Labute approximate surface area is 157 Å². The number of hydrogen-bond acceptors (Lipinski definition) is 3. The predicted octanol–water partition coefficient (Wildman–Crippen LogP) is 4.58. The highest BCUT2D eigenvalue weighted by atomic mass is 35.5. The lowest BCUT2D eigenvalue weighted by atomic mass is 10.1. The van der Waals surface area contributed by atoms with Gasteiger partial charge >= 0.3 is 0 Å². The van der Waals surface area contributed by atoms with Gasteiger partial charge in [-0.3, -0.25) is 9.59 Å². The molecule has 2 N–H and O–H groups in total. The zero-order chi connectivity index (χ0) is 18.4. The number of aryl methyl sites for hydroxylation is 3. The van der Waals surface area contributed by atoms with Gasteiger partial charge in [0, 0.05) is 16.4 Å². The maximum absolute atomic E-state index is 12.0. The summed E-state index contributed by atoms with van der Waals surface area (Å²) >= 11 is 7.21. The van der Waals surface area contributed by atoms with Gasteiger partial charge in [0.05, 0.1) is 11.5 Å². The molecule has 2 aromatic rings. The van der Waals surface area contributed by atoms with E-state index in [0.29, 0.717) is 10.7 Å². The third-order valence-electron chi connectivity index (χ3n) is 3.61. The van der Waals surface area contributed by atoms with E-state index in [-0.39, 0.29) is 23.3 Å². The van der Waals surface area contributed by atoms with E-state index in [1.165, 1.54) is 11.8 Å². The lowest BCUT2D eigenvalue weighted by Gasteiger charge is -2.10. The minimum absolute atomic E-state index is 0.120. The topological polar surface area (TPSA) is 58.2 Å². The molecule has 0 bridgehead atoms. The van der Waals surface area contributed by atoms with Crippen LogP contribution in [-0.4, -0.2) is 23.3 Å². The van der Waals surface area contributed by atoms with Crippen molar-refractivity contribution in [1.82, 2.24) is 0 Å². The Hall–Kier alpha value is -1.98. The number of halogens is 1. The van der Waals surface area contributed by atoms with E-state index < -0.39 is 0 Å². The van der Waals surface area contributed by atoms with Crippen molar-refractivity contribution in [2.45, 2.75) is 20.8 Å². The van der Waals surface area contributed by atoms with Gasteiger partial charge in [-0.2, -0.15) is 0 Å². The van der Waals surface area contributed by atoms with Crippen LogP contribution < -0.4 is 10.6 Å². The number of nitrogens with one attached hydrogen (secondary N) is 2. The molecule has 0 fully saturated rings. The van der Waals surface area contributed by atoms with Gasteiger partial charge in [0.2, 0.25) is 11.8 Å². The van der Waals surface area contributed by atoms with Crippen LogP contribution in [0.5, 0.6) is 0 Å². The fourth-order valence-corrected chi connectivity index (χ4v) is 3.00. The Morgan fingerprint density at radius 1 is 0.880 bits per heavy atom. The fraction of sp³-hybridized carbons (Fsp3) is 0.263. The van der Waals surface area contributed by atoms with Crippen molar-refractivity contribution in [3.05, 3.63) is 58.1 Å².